The van der Waals surface area contributed by atoms with Crippen molar-refractivity contribution in [1.29, 1.82) is 0 Å². The Morgan fingerprint density at radius 2 is 2.38 bits per heavy atom. The lowest BCUT2D eigenvalue weighted by Crippen LogP contribution is -2.45. The van der Waals surface area contributed by atoms with Gasteiger partial charge in [-0.05, 0) is 44.8 Å². The molecule has 2 aliphatic heterocycles. The molecule has 2 rings (SSSR count). The van der Waals surface area contributed by atoms with Gasteiger partial charge in [-0.3, -0.25) is 9.69 Å². The fourth-order valence-electron chi connectivity index (χ4n) is 3.01. The van der Waals surface area contributed by atoms with Gasteiger partial charge in [-0.1, -0.05) is 0 Å². The van der Waals surface area contributed by atoms with Crippen LogP contribution in [0.3, 0.4) is 0 Å². The molecule has 0 spiro atoms. The number of nitrogens with zero attached hydrogens (tertiary/aromatic N) is 1. The zero-order valence-corrected chi connectivity index (χ0v) is 10.2. The number of amides is 1. The van der Waals surface area contributed by atoms with Crippen molar-refractivity contribution >= 4 is 5.91 Å². The Hall–Kier alpha value is -0.610. The lowest BCUT2D eigenvalue weighted by molar-refractivity contribution is -0.120. The molecule has 2 fully saturated rings. The Morgan fingerprint density at radius 1 is 1.50 bits per heavy atom. The van der Waals surface area contributed by atoms with Gasteiger partial charge in [-0.2, -0.15) is 0 Å². The fraction of sp³-hybridized carbons (Fsp3) is 0.917. The maximum absolute atomic E-state index is 11.1. The average molecular weight is 225 g/mol. The van der Waals surface area contributed by atoms with Gasteiger partial charge in [0.1, 0.15) is 0 Å². The summed E-state index contributed by atoms with van der Waals surface area (Å²) in [6, 6.07) is 0.735. The summed E-state index contributed by atoms with van der Waals surface area (Å²) in [7, 11) is 1.71. The quantitative estimate of drug-likeness (QED) is 0.718. The molecule has 1 amide bonds. The van der Waals surface area contributed by atoms with Crippen molar-refractivity contribution in [3.05, 3.63) is 0 Å². The van der Waals surface area contributed by atoms with Crippen LogP contribution < -0.4 is 10.6 Å². The molecule has 2 saturated heterocycles. The maximum Gasteiger partial charge on any atom is 0.219 e. The van der Waals surface area contributed by atoms with Crippen molar-refractivity contribution in [1.82, 2.24) is 15.5 Å². The van der Waals surface area contributed by atoms with Gasteiger partial charge >= 0.3 is 0 Å². The predicted octanol–water partition coefficient (Wildman–Crippen LogP) is 0.196. The van der Waals surface area contributed by atoms with E-state index in [-0.39, 0.29) is 5.91 Å². The summed E-state index contributed by atoms with van der Waals surface area (Å²) in [6.07, 6.45) is 4.35. The van der Waals surface area contributed by atoms with Gasteiger partial charge in [0.2, 0.25) is 5.91 Å². The van der Waals surface area contributed by atoms with Crippen LogP contribution >= 0.6 is 0 Å². The van der Waals surface area contributed by atoms with E-state index in [1.54, 1.807) is 7.05 Å². The molecule has 2 atom stereocenters. The van der Waals surface area contributed by atoms with E-state index in [0.717, 1.165) is 31.5 Å². The fourth-order valence-corrected chi connectivity index (χ4v) is 3.01. The normalized spacial score (nSPS) is 30.1. The molecule has 2 aliphatic rings. The summed E-state index contributed by atoms with van der Waals surface area (Å²) in [4.78, 5) is 13.7. The number of fused-ring (bicyclic) bond motifs is 1. The van der Waals surface area contributed by atoms with Crippen molar-refractivity contribution in [3.63, 3.8) is 0 Å². The van der Waals surface area contributed by atoms with Crippen molar-refractivity contribution < 1.29 is 4.79 Å². The highest BCUT2D eigenvalue weighted by molar-refractivity contribution is 5.75. The molecule has 0 bridgehead atoms. The number of piperidine rings is 1. The van der Waals surface area contributed by atoms with Crippen molar-refractivity contribution in [2.75, 3.05) is 33.2 Å². The van der Waals surface area contributed by atoms with Gasteiger partial charge < -0.3 is 10.6 Å². The predicted molar refractivity (Wildman–Crippen MR) is 64.3 cm³/mol. The van der Waals surface area contributed by atoms with Gasteiger partial charge in [0.25, 0.3) is 0 Å². The second kappa shape index (κ2) is 5.64. The van der Waals surface area contributed by atoms with Crippen LogP contribution in [0.2, 0.25) is 0 Å². The molecule has 0 aromatic rings. The number of likely N-dealkylation sites (tertiary alicyclic amines) is 1. The molecule has 16 heavy (non-hydrogen) atoms. The van der Waals surface area contributed by atoms with Gasteiger partial charge in [-0.15, -0.1) is 0 Å². The first-order valence-corrected chi connectivity index (χ1v) is 6.46. The lowest BCUT2D eigenvalue weighted by Gasteiger charge is -2.37. The van der Waals surface area contributed by atoms with Crippen molar-refractivity contribution in [2.24, 2.45) is 5.92 Å². The van der Waals surface area contributed by atoms with Crippen molar-refractivity contribution in [3.8, 4) is 0 Å². The van der Waals surface area contributed by atoms with Crippen LogP contribution in [-0.2, 0) is 4.79 Å². The second-order valence-corrected chi connectivity index (χ2v) is 4.94. The average Bonchev–Trinajstić information content (AvgIpc) is 2.77. The van der Waals surface area contributed by atoms with Gasteiger partial charge in [0.15, 0.2) is 0 Å². The van der Waals surface area contributed by atoms with E-state index < -0.39 is 0 Å². The smallest absolute Gasteiger partial charge is 0.219 e. The molecule has 0 aromatic carbocycles. The van der Waals surface area contributed by atoms with Gasteiger partial charge in [-0.25, -0.2) is 0 Å². The van der Waals surface area contributed by atoms with Crippen LogP contribution in [0.4, 0.5) is 0 Å². The highest BCUT2D eigenvalue weighted by atomic mass is 16.1. The van der Waals surface area contributed by atoms with E-state index in [4.69, 9.17) is 0 Å². The summed E-state index contributed by atoms with van der Waals surface area (Å²) in [6.45, 7) is 4.63. The maximum atomic E-state index is 11.1. The first kappa shape index (κ1) is 11.9. The minimum absolute atomic E-state index is 0.165. The zero-order valence-electron chi connectivity index (χ0n) is 10.2. The number of hydrogen-bond donors (Lipinski definition) is 2. The SMILES string of the molecule is CNC(=O)CCCN1CCCC2CNCC21. The molecule has 0 radical (unpaired) electrons. The third-order valence-electron chi connectivity index (χ3n) is 3.92. The first-order valence-electron chi connectivity index (χ1n) is 6.46. The third-order valence-corrected chi connectivity index (χ3v) is 3.92. The standard InChI is InChI=1S/C12H23N3O/c1-13-12(16)5-3-7-15-6-2-4-10-8-14-9-11(10)15/h10-11,14H,2-9H2,1H3,(H,13,16). The van der Waals surface area contributed by atoms with Crippen LogP contribution in [0, 0.1) is 5.92 Å². The van der Waals surface area contributed by atoms with Crippen LogP contribution in [0.25, 0.3) is 0 Å². The van der Waals surface area contributed by atoms with Gasteiger partial charge in [0.05, 0.1) is 0 Å². The van der Waals surface area contributed by atoms with Crippen LogP contribution in [0.1, 0.15) is 25.7 Å². The molecule has 92 valence electrons. The van der Waals surface area contributed by atoms with E-state index in [1.165, 1.54) is 25.9 Å². The number of carbonyl (C=O) groups excluding carboxylic acids is 1. The molecule has 0 saturated carbocycles. The Labute approximate surface area is 97.8 Å². The molecule has 0 aromatic heterocycles. The lowest BCUT2D eigenvalue weighted by atomic mass is 9.92. The van der Waals surface area contributed by atoms with E-state index in [0.29, 0.717) is 6.42 Å². The Morgan fingerprint density at radius 3 is 3.19 bits per heavy atom. The summed E-state index contributed by atoms with van der Waals surface area (Å²) < 4.78 is 0. The molecule has 4 heteroatoms. The minimum atomic E-state index is 0.165. The molecule has 2 N–H and O–H groups in total. The van der Waals surface area contributed by atoms with Crippen molar-refractivity contribution in [2.45, 2.75) is 31.7 Å². The van der Waals surface area contributed by atoms with E-state index in [2.05, 4.69) is 15.5 Å². The summed E-state index contributed by atoms with van der Waals surface area (Å²) in [5.74, 6) is 1.02. The van der Waals surface area contributed by atoms with Crippen LogP contribution in [0.15, 0.2) is 0 Å². The van der Waals surface area contributed by atoms with Gasteiger partial charge in [0, 0.05) is 26.1 Å². The number of carbonyl (C=O) groups is 1. The minimum Gasteiger partial charge on any atom is -0.359 e. The highest BCUT2D eigenvalue weighted by Crippen LogP contribution is 2.26. The number of nitrogens with one attached hydrogen (secondary N) is 2. The largest absolute Gasteiger partial charge is 0.359 e. The molecule has 2 heterocycles. The summed E-state index contributed by atoms with van der Waals surface area (Å²) in [5.41, 5.74) is 0. The number of hydrogen-bond acceptors (Lipinski definition) is 3. The number of rotatable bonds is 4. The third kappa shape index (κ3) is 2.74. The van der Waals surface area contributed by atoms with E-state index in [1.807, 2.05) is 0 Å². The zero-order chi connectivity index (χ0) is 11.4. The molecule has 0 aliphatic carbocycles. The van der Waals surface area contributed by atoms with E-state index >= 15 is 0 Å². The molecular formula is C12H23N3O. The molecule has 4 nitrogen and oxygen atoms in total. The second-order valence-electron chi connectivity index (χ2n) is 4.94. The molecular weight excluding hydrogens is 202 g/mol. The highest BCUT2D eigenvalue weighted by Gasteiger charge is 2.34. The molecule has 2 unspecified atom stereocenters. The first-order chi connectivity index (χ1) is 7.81. The summed E-state index contributed by atoms with van der Waals surface area (Å²) in [5, 5.41) is 6.16. The Bertz CT molecular complexity index is 244. The summed E-state index contributed by atoms with van der Waals surface area (Å²) >= 11 is 0. The van der Waals surface area contributed by atoms with Crippen LogP contribution in [-0.4, -0.2) is 50.1 Å². The monoisotopic (exact) mass is 225 g/mol. The Balaban J connectivity index is 1.73. The Kier molecular flexibility index (Phi) is 4.18. The van der Waals surface area contributed by atoms with E-state index in [9.17, 15) is 4.79 Å². The van der Waals surface area contributed by atoms with Crippen LogP contribution in [0.5, 0.6) is 0 Å². The topological polar surface area (TPSA) is 44.4 Å².